The summed E-state index contributed by atoms with van der Waals surface area (Å²) >= 11 is 0. The number of aliphatic imine (C=N–C) groups is 1. The highest BCUT2D eigenvalue weighted by Gasteiger charge is 2.48. The van der Waals surface area contributed by atoms with Crippen LogP contribution in [0.15, 0.2) is 35.3 Å². The Hall–Kier alpha value is -3.03. The number of fused-ring (bicyclic) bond motifs is 2. The molecule has 146 valence electrons. The molecule has 2 amide bonds. The monoisotopic (exact) mass is 388 g/mol. The Labute approximate surface area is 159 Å². The van der Waals surface area contributed by atoms with Gasteiger partial charge < -0.3 is 16.4 Å². The number of urea groups is 1. The van der Waals surface area contributed by atoms with Crippen LogP contribution in [0, 0.1) is 17.5 Å². The fraction of sp³-hybridized carbons (Fsp3) is 0.300. The van der Waals surface area contributed by atoms with Crippen LogP contribution in [0.3, 0.4) is 0 Å². The number of hydrogen-bond acceptors (Lipinski definition) is 1. The Morgan fingerprint density at radius 1 is 1.04 bits per heavy atom. The van der Waals surface area contributed by atoms with E-state index >= 15 is 0 Å². The van der Waals surface area contributed by atoms with E-state index in [2.05, 4.69) is 4.99 Å². The van der Waals surface area contributed by atoms with Crippen LogP contribution in [-0.2, 0) is 12.0 Å². The van der Waals surface area contributed by atoms with E-state index in [1.807, 2.05) is 0 Å². The largest absolute Gasteiger partial charge is 0.370 e. The minimum absolute atomic E-state index is 0.0342. The molecule has 1 aliphatic carbocycles. The number of carbonyl (C=O) groups is 1. The van der Waals surface area contributed by atoms with Gasteiger partial charge >= 0.3 is 6.03 Å². The Bertz CT molecular complexity index is 977. The molecule has 4 rings (SSSR count). The van der Waals surface area contributed by atoms with Crippen molar-refractivity contribution in [1.82, 2.24) is 4.90 Å². The molecule has 1 aliphatic heterocycles. The zero-order valence-corrected chi connectivity index (χ0v) is 15.0. The first-order chi connectivity index (χ1) is 13.3. The van der Waals surface area contributed by atoms with Crippen LogP contribution in [0.1, 0.15) is 30.4 Å². The van der Waals surface area contributed by atoms with Gasteiger partial charge in [-0.2, -0.15) is 4.99 Å². The summed E-state index contributed by atoms with van der Waals surface area (Å²) in [5.74, 6) is -2.30. The summed E-state index contributed by atoms with van der Waals surface area (Å²) in [6.07, 6.45) is 2.22. The molecular formula is C20H19F3N4O. The number of benzene rings is 2. The van der Waals surface area contributed by atoms with Crippen molar-refractivity contribution in [3.8, 4) is 11.1 Å². The molecule has 0 unspecified atom stereocenters. The number of hydrogen-bond donors (Lipinski definition) is 2. The Morgan fingerprint density at radius 3 is 2.29 bits per heavy atom. The Kier molecular flexibility index (Phi) is 4.28. The lowest BCUT2D eigenvalue weighted by Gasteiger charge is -2.50. The molecule has 4 N–H and O–H groups in total. The Morgan fingerprint density at radius 2 is 1.71 bits per heavy atom. The molecule has 1 saturated carbocycles. The van der Waals surface area contributed by atoms with Gasteiger partial charge in [-0.25, -0.2) is 18.0 Å². The number of rotatable bonds is 1. The molecule has 2 aromatic carbocycles. The predicted molar refractivity (Wildman–Crippen MR) is 98.9 cm³/mol. The summed E-state index contributed by atoms with van der Waals surface area (Å²) in [4.78, 5) is 17.4. The quantitative estimate of drug-likeness (QED) is 0.580. The smallest absolute Gasteiger partial charge is 0.347 e. The number of nitrogens with zero attached hydrogens (tertiary/aromatic N) is 2. The molecular weight excluding hydrogens is 369 g/mol. The highest BCUT2D eigenvalue weighted by Crippen LogP contribution is 2.51. The van der Waals surface area contributed by atoms with Gasteiger partial charge in [-0.15, -0.1) is 0 Å². The van der Waals surface area contributed by atoms with Crippen LogP contribution in [0.2, 0.25) is 0 Å². The van der Waals surface area contributed by atoms with Gasteiger partial charge in [0.15, 0.2) is 5.96 Å². The van der Waals surface area contributed by atoms with Gasteiger partial charge in [0.25, 0.3) is 0 Å². The second kappa shape index (κ2) is 6.54. The second-order valence-corrected chi connectivity index (χ2v) is 7.35. The zero-order chi connectivity index (χ0) is 20.1. The summed E-state index contributed by atoms with van der Waals surface area (Å²) in [7, 11) is 0. The van der Waals surface area contributed by atoms with Gasteiger partial charge in [-0.3, -0.25) is 0 Å². The van der Waals surface area contributed by atoms with E-state index in [9.17, 15) is 18.0 Å². The average Bonchev–Trinajstić information content (AvgIpc) is 2.60. The molecule has 1 heterocycles. The minimum atomic E-state index is -0.746. The lowest BCUT2D eigenvalue weighted by atomic mass is 9.61. The normalized spacial score (nSPS) is 17.0. The molecule has 8 heteroatoms. The lowest BCUT2D eigenvalue weighted by Crippen LogP contribution is -2.52. The molecule has 0 atom stereocenters. The van der Waals surface area contributed by atoms with Crippen molar-refractivity contribution < 1.29 is 18.0 Å². The third-order valence-corrected chi connectivity index (χ3v) is 5.67. The van der Waals surface area contributed by atoms with E-state index in [1.165, 1.54) is 23.1 Å². The van der Waals surface area contributed by atoms with Crippen LogP contribution in [0.25, 0.3) is 11.1 Å². The first kappa shape index (κ1) is 18.3. The van der Waals surface area contributed by atoms with Gasteiger partial charge in [-0.1, -0.05) is 18.6 Å². The molecule has 0 saturated heterocycles. The van der Waals surface area contributed by atoms with Gasteiger partial charge in [0, 0.05) is 24.1 Å². The van der Waals surface area contributed by atoms with Crippen LogP contribution in [0.5, 0.6) is 0 Å². The van der Waals surface area contributed by atoms with Crippen LogP contribution < -0.4 is 11.5 Å². The summed E-state index contributed by atoms with van der Waals surface area (Å²) < 4.78 is 43.8. The Balaban J connectivity index is 1.92. The van der Waals surface area contributed by atoms with Crippen molar-refractivity contribution in [3.05, 3.63) is 58.9 Å². The maximum Gasteiger partial charge on any atom is 0.347 e. The lowest BCUT2D eigenvalue weighted by molar-refractivity contribution is 0.126. The maximum absolute atomic E-state index is 14.9. The van der Waals surface area contributed by atoms with Crippen LogP contribution in [-0.4, -0.2) is 23.4 Å². The van der Waals surface area contributed by atoms with E-state index < -0.39 is 28.9 Å². The zero-order valence-electron chi connectivity index (χ0n) is 15.0. The van der Waals surface area contributed by atoms with Gasteiger partial charge in [0.2, 0.25) is 0 Å². The molecule has 2 aliphatic rings. The van der Waals surface area contributed by atoms with Crippen molar-refractivity contribution in [1.29, 1.82) is 0 Å². The first-order valence-corrected chi connectivity index (χ1v) is 8.97. The molecule has 1 fully saturated rings. The van der Waals surface area contributed by atoms with Gasteiger partial charge in [-0.05, 0) is 42.2 Å². The molecule has 28 heavy (non-hydrogen) atoms. The van der Waals surface area contributed by atoms with Crippen LogP contribution >= 0.6 is 0 Å². The standard InChI is InChI=1S/C20H19F3N4O/c21-13-3-1-4-14(22)16(13)11-5-6-15(23)17-12(11)9-27(19(28)26-18(24)25)10-20(17)7-2-8-20/h1,3-6H,2,7-10H2,(H4,24,25,26,28). The molecule has 2 aromatic rings. The molecule has 5 nitrogen and oxygen atoms in total. The van der Waals surface area contributed by atoms with Crippen molar-refractivity contribution in [3.63, 3.8) is 0 Å². The fourth-order valence-electron chi connectivity index (χ4n) is 4.37. The molecule has 0 radical (unpaired) electrons. The number of carbonyl (C=O) groups excluding carboxylic acids is 1. The topological polar surface area (TPSA) is 84.7 Å². The number of halogens is 3. The third kappa shape index (κ3) is 2.80. The van der Waals surface area contributed by atoms with Gasteiger partial charge in [0.05, 0.1) is 5.56 Å². The van der Waals surface area contributed by atoms with Crippen molar-refractivity contribution in [2.45, 2.75) is 31.2 Å². The highest BCUT2D eigenvalue weighted by molar-refractivity contribution is 5.91. The molecule has 0 aromatic heterocycles. The third-order valence-electron chi connectivity index (χ3n) is 5.67. The van der Waals surface area contributed by atoms with E-state index in [-0.39, 0.29) is 30.2 Å². The number of guanidine groups is 1. The summed E-state index contributed by atoms with van der Waals surface area (Å²) in [5.41, 5.74) is 10.9. The second-order valence-electron chi connectivity index (χ2n) is 7.35. The predicted octanol–water partition coefficient (Wildman–Crippen LogP) is 3.40. The van der Waals surface area contributed by atoms with Crippen molar-refractivity contribution in [2.24, 2.45) is 16.5 Å². The van der Waals surface area contributed by atoms with E-state index in [0.29, 0.717) is 24.0 Å². The van der Waals surface area contributed by atoms with E-state index in [4.69, 9.17) is 11.5 Å². The summed E-state index contributed by atoms with van der Waals surface area (Å²) in [6, 6.07) is 5.52. The number of amides is 2. The SMILES string of the molecule is NC(N)=NC(=O)N1Cc2c(-c3c(F)cccc3F)ccc(F)c2C2(CCC2)C1. The van der Waals surface area contributed by atoms with Gasteiger partial charge in [0.1, 0.15) is 17.5 Å². The van der Waals surface area contributed by atoms with Crippen LogP contribution in [0.4, 0.5) is 18.0 Å². The minimum Gasteiger partial charge on any atom is -0.370 e. The maximum atomic E-state index is 14.9. The summed E-state index contributed by atoms with van der Waals surface area (Å²) in [5, 5.41) is 0. The first-order valence-electron chi connectivity index (χ1n) is 8.97. The fourth-order valence-corrected chi connectivity index (χ4v) is 4.37. The summed E-state index contributed by atoms with van der Waals surface area (Å²) in [6.45, 7) is 0.226. The van der Waals surface area contributed by atoms with E-state index in [0.717, 1.165) is 18.6 Å². The average molecular weight is 388 g/mol. The molecule has 1 spiro atoms. The molecule has 0 bridgehead atoms. The highest BCUT2D eigenvalue weighted by atomic mass is 19.1. The number of nitrogens with two attached hydrogens (primary N) is 2. The van der Waals surface area contributed by atoms with Crippen molar-refractivity contribution >= 4 is 12.0 Å². The van der Waals surface area contributed by atoms with E-state index in [1.54, 1.807) is 0 Å². The van der Waals surface area contributed by atoms with Crippen molar-refractivity contribution in [2.75, 3.05) is 6.54 Å².